The van der Waals surface area contributed by atoms with Crippen LogP contribution in [0.1, 0.15) is 37.7 Å². The number of ether oxygens (including phenoxy) is 2. The topological polar surface area (TPSA) is 122 Å². The Labute approximate surface area is 221 Å². The Bertz CT molecular complexity index is 1420. The van der Waals surface area contributed by atoms with Gasteiger partial charge in [0.05, 0.1) is 36.3 Å². The second-order valence-electron chi connectivity index (χ2n) is 8.68. The van der Waals surface area contributed by atoms with E-state index in [4.69, 9.17) is 21.1 Å². The predicted molar refractivity (Wildman–Crippen MR) is 141 cm³/mol. The zero-order chi connectivity index (χ0) is 26.1. The average Bonchev–Trinajstić information content (AvgIpc) is 3.64. The van der Waals surface area contributed by atoms with Crippen molar-refractivity contribution < 1.29 is 13.7 Å². The monoisotopic (exact) mass is 542 g/mol. The van der Waals surface area contributed by atoms with Crippen LogP contribution >= 0.6 is 11.6 Å². The molecule has 0 bridgehead atoms. The molecular weight excluding hydrogens is 516 g/mol. The summed E-state index contributed by atoms with van der Waals surface area (Å²) >= 11 is 5.93. The van der Waals surface area contributed by atoms with Crippen LogP contribution < -0.4 is 14.2 Å². The molecule has 11 nitrogen and oxygen atoms in total. The first-order valence-corrected chi connectivity index (χ1v) is 13.4. The van der Waals surface area contributed by atoms with E-state index in [0.717, 1.165) is 30.6 Å². The van der Waals surface area contributed by atoms with Crippen molar-refractivity contribution in [3.8, 4) is 28.6 Å². The largest absolute Gasteiger partial charge is 0.494 e. The summed E-state index contributed by atoms with van der Waals surface area (Å²) in [5.41, 5.74) is 2.52. The minimum absolute atomic E-state index is 0.221. The summed E-state index contributed by atoms with van der Waals surface area (Å²) in [5, 5.41) is 13.5. The zero-order valence-corrected chi connectivity index (χ0v) is 22.5. The van der Waals surface area contributed by atoms with Crippen molar-refractivity contribution in [2.75, 3.05) is 18.9 Å². The minimum atomic E-state index is -1.57. The summed E-state index contributed by atoms with van der Waals surface area (Å²) in [6.45, 7) is 4.64. The molecule has 3 unspecified atom stereocenters. The summed E-state index contributed by atoms with van der Waals surface area (Å²) in [6, 6.07) is 5.49. The number of para-hydroxylation sites is 1. The van der Waals surface area contributed by atoms with Gasteiger partial charge in [0.2, 0.25) is 5.95 Å². The molecule has 4 heterocycles. The number of aryl methyl sites for hydroxylation is 1. The number of nitrogens with one attached hydrogen (secondary N) is 1. The first-order chi connectivity index (χ1) is 17.9. The molecule has 3 aromatic heterocycles. The van der Waals surface area contributed by atoms with Crippen LogP contribution in [0.25, 0.3) is 17.1 Å². The minimum Gasteiger partial charge on any atom is -0.494 e. The smallest absolute Gasteiger partial charge is 0.241 e. The van der Waals surface area contributed by atoms with Gasteiger partial charge in [-0.2, -0.15) is 5.10 Å². The lowest BCUT2D eigenvalue weighted by Gasteiger charge is -2.20. The quantitative estimate of drug-likeness (QED) is 0.339. The van der Waals surface area contributed by atoms with Gasteiger partial charge in [0.1, 0.15) is 34.0 Å². The van der Waals surface area contributed by atoms with Crippen LogP contribution in [0.15, 0.2) is 36.8 Å². The highest BCUT2D eigenvalue weighted by molar-refractivity contribution is 7.87. The molecule has 194 valence electrons. The normalized spacial score (nSPS) is 15.2. The molecule has 0 fully saturated rings. The summed E-state index contributed by atoms with van der Waals surface area (Å²) in [4.78, 5) is 8.58. The summed E-state index contributed by atoms with van der Waals surface area (Å²) in [5.74, 6) is 2.26. The van der Waals surface area contributed by atoms with Crippen LogP contribution in [-0.2, 0) is 24.0 Å². The Morgan fingerprint density at radius 1 is 1.08 bits per heavy atom. The third kappa shape index (κ3) is 4.66. The van der Waals surface area contributed by atoms with Crippen LogP contribution in [0.4, 0.5) is 5.95 Å². The first-order valence-electron chi connectivity index (χ1n) is 11.8. The van der Waals surface area contributed by atoms with Gasteiger partial charge in [-0.3, -0.25) is 14.0 Å². The maximum Gasteiger partial charge on any atom is 0.241 e. The Hall–Kier alpha value is -3.51. The van der Waals surface area contributed by atoms with E-state index in [2.05, 4.69) is 30.0 Å². The van der Waals surface area contributed by atoms with Crippen molar-refractivity contribution in [1.29, 1.82) is 0 Å². The molecule has 0 saturated carbocycles. The van der Waals surface area contributed by atoms with Crippen LogP contribution in [-0.4, -0.2) is 58.2 Å². The lowest BCUT2D eigenvalue weighted by molar-refractivity contribution is 0.391. The fourth-order valence-electron chi connectivity index (χ4n) is 4.37. The van der Waals surface area contributed by atoms with E-state index in [1.165, 1.54) is 12.4 Å². The van der Waals surface area contributed by atoms with Gasteiger partial charge >= 0.3 is 0 Å². The molecule has 3 atom stereocenters. The number of nitrogens with zero attached hydrogens (tertiary/aromatic N) is 7. The highest BCUT2D eigenvalue weighted by Gasteiger charge is 2.29. The molecular formula is C24H27ClN8O3S. The Morgan fingerprint density at radius 2 is 1.78 bits per heavy atom. The third-order valence-electron chi connectivity index (χ3n) is 6.54. The van der Waals surface area contributed by atoms with Gasteiger partial charge in [0.25, 0.3) is 0 Å². The number of rotatable bonds is 9. The fraction of sp³-hybridized carbons (Fsp3) is 0.375. The molecule has 0 aliphatic carbocycles. The standard InChI is InChI=1S/C24H27ClN8O3S/c1-14(22-26-11-16(25)12-27-22)15(2)37(34)31-24-30-29-23(17-13-28-32-10-6-7-18(17)32)33(24)21-19(35-3)8-5-9-20(21)36-4/h5,8-9,11-15H,6-7,10H2,1-4H3,(H,30,31). The van der Waals surface area contributed by atoms with Crippen LogP contribution in [0.3, 0.4) is 0 Å². The maximum atomic E-state index is 13.5. The van der Waals surface area contributed by atoms with Crippen LogP contribution in [0.2, 0.25) is 5.02 Å². The van der Waals surface area contributed by atoms with Gasteiger partial charge < -0.3 is 9.47 Å². The number of methoxy groups -OCH3 is 2. The number of fused-ring (bicyclic) bond motifs is 1. The van der Waals surface area contributed by atoms with E-state index in [1.54, 1.807) is 25.0 Å². The molecule has 37 heavy (non-hydrogen) atoms. The van der Waals surface area contributed by atoms with Gasteiger partial charge in [0, 0.05) is 30.6 Å². The Morgan fingerprint density at radius 3 is 2.46 bits per heavy atom. The van der Waals surface area contributed by atoms with Crippen LogP contribution in [0.5, 0.6) is 11.5 Å². The highest BCUT2D eigenvalue weighted by Crippen LogP contribution is 2.39. The number of benzene rings is 1. The van der Waals surface area contributed by atoms with E-state index < -0.39 is 11.0 Å². The van der Waals surface area contributed by atoms with Gasteiger partial charge in [-0.25, -0.2) is 14.2 Å². The Kier molecular flexibility index (Phi) is 7.11. The maximum absolute atomic E-state index is 13.5. The number of anilines is 1. The molecule has 5 rings (SSSR count). The predicted octanol–water partition coefficient (Wildman–Crippen LogP) is 3.81. The first kappa shape index (κ1) is 25.2. The zero-order valence-electron chi connectivity index (χ0n) is 20.9. The van der Waals surface area contributed by atoms with E-state index in [-0.39, 0.29) is 17.1 Å². The lowest BCUT2D eigenvalue weighted by Crippen LogP contribution is -2.26. The van der Waals surface area contributed by atoms with E-state index in [9.17, 15) is 4.21 Å². The van der Waals surface area contributed by atoms with Gasteiger partial charge in [-0.15, -0.1) is 10.2 Å². The molecule has 4 aromatic rings. The highest BCUT2D eigenvalue weighted by atomic mass is 35.5. The van der Waals surface area contributed by atoms with E-state index in [0.29, 0.717) is 33.9 Å². The summed E-state index contributed by atoms with van der Waals surface area (Å²) in [7, 11) is 1.59. The molecule has 13 heteroatoms. The van der Waals surface area contributed by atoms with Crippen molar-refractivity contribution in [3.63, 3.8) is 0 Å². The van der Waals surface area contributed by atoms with E-state index in [1.807, 2.05) is 36.7 Å². The average molecular weight is 543 g/mol. The van der Waals surface area contributed by atoms with Crippen molar-refractivity contribution in [3.05, 3.63) is 53.3 Å². The van der Waals surface area contributed by atoms with Crippen molar-refractivity contribution in [2.45, 2.75) is 44.4 Å². The molecule has 0 amide bonds. The third-order valence-corrected chi connectivity index (χ3v) is 8.21. The van der Waals surface area contributed by atoms with Gasteiger partial charge in [0.15, 0.2) is 5.82 Å². The van der Waals surface area contributed by atoms with Crippen molar-refractivity contribution in [2.24, 2.45) is 0 Å². The summed E-state index contributed by atoms with van der Waals surface area (Å²) in [6.07, 6.45) is 6.75. The molecule has 1 aromatic carbocycles. The molecule has 0 spiro atoms. The second-order valence-corrected chi connectivity index (χ2v) is 10.7. The van der Waals surface area contributed by atoms with Crippen molar-refractivity contribution >= 4 is 28.5 Å². The number of hydrogen-bond acceptors (Lipinski definition) is 8. The van der Waals surface area contributed by atoms with Gasteiger partial charge in [-0.1, -0.05) is 24.6 Å². The summed E-state index contributed by atoms with van der Waals surface area (Å²) < 4.78 is 31.7. The molecule has 1 N–H and O–H groups in total. The number of aromatic nitrogens is 7. The molecule has 1 aliphatic rings. The van der Waals surface area contributed by atoms with Crippen LogP contribution in [0, 0.1) is 0 Å². The lowest BCUT2D eigenvalue weighted by atomic mass is 10.1. The Balaban J connectivity index is 1.57. The molecule has 0 saturated heterocycles. The SMILES string of the molecule is COc1cccc(OC)c1-n1c(NS(=O)C(C)C(C)c2ncc(Cl)cn2)nnc1-c1cnn2c1CCC2. The molecule has 1 aliphatic heterocycles. The fourth-order valence-corrected chi connectivity index (χ4v) is 5.46. The molecule has 0 radical (unpaired) electrons. The van der Waals surface area contributed by atoms with Crippen molar-refractivity contribution in [1.82, 2.24) is 34.5 Å². The van der Waals surface area contributed by atoms with E-state index >= 15 is 0 Å². The number of halogens is 1. The second kappa shape index (κ2) is 10.5. The number of hydrogen-bond donors (Lipinski definition) is 1. The van der Waals surface area contributed by atoms with Gasteiger partial charge in [-0.05, 0) is 31.9 Å².